The second-order valence-electron chi connectivity index (χ2n) is 10.2. The Morgan fingerprint density at radius 1 is 1.14 bits per heavy atom. The van der Waals surface area contributed by atoms with Gasteiger partial charge >= 0.3 is 11.9 Å². The fourth-order valence-corrected chi connectivity index (χ4v) is 7.27. The van der Waals surface area contributed by atoms with Crippen molar-refractivity contribution in [2.45, 2.75) is 52.4 Å². The monoisotopic (exact) mass is 386 g/mol. The first-order valence-electron chi connectivity index (χ1n) is 11.1. The van der Waals surface area contributed by atoms with Crippen molar-refractivity contribution in [1.29, 1.82) is 0 Å². The van der Waals surface area contributed by atoms with Gasteiger partial charge in [0, 0.05) is 0 Å². The van der Waals surface area contributed by atoms with Crippen molar-refractivity contribution in [2.24, 2.45) is 59.2 Å². The molecule has 0 amide bonds. The van der Waals surface area contributed by atoms with E-state index >= 15 is 0 Å². The third-order valence-electron chi connectivity index (χ3n) is 8.53. The van der Waals surface area contributed by atoms with E-state index in [4.69, 9.17) is 0 Å². The quantitative estimate of drug-likeness (QED) is 0.613. The molecule has 2 N–H and O–H groups in total. The molecular formula is C24H34O4. The molecule has 0 radical (unpaired) electrons. The summed E-state index contributed by atoms with van der Waals surface area (Å²) in [5, 5.41) is 19.4. The van der Waals surface area contributed by atoms with Gasteiger partial charge in [0.05, 0.1) is 11.8 Å². The molecule has 4 aliphatic rings. The van der Waals surface area contributed by atoms with Crippen LogP contribution in [0.5, 0.6) is 0 Å². The standard InChI is InChI=1S/C24H34O4/c1-4-15-8-17(22(24(27)28)21(15)23(25)26)9-16-10-18-11-19(16)13(3)20(18)12(2)7-14-5-6-14/h4,9,12-15,17-22H,1,5-8,10-11H2,2-3H3,(H,25,26)(H,27,28)/b16-9+. The van der Waals surface area contributed by atoms with Crippen molar-refractivity contribution >= 4 is 11.9 Å². The Balaban J connectivity index is 1.51. The summed E-state index contributed by atoms with van der Waals surface area (Å²) < 4.78 is 0. The highest BCUT2D eigenvalue weighted by molar-refractivity contribution is 5.82. The van der Waals surface area contributed by atoms with Gasteiger partial charge in [-0.2, -0.15) is 0 Å². The fraction of sp³-hybridized carbons (Fsp3) is 0.750. The maximum atomic E-state index is 11.9. The zero-order chi connectivity index (χ0) is 20.2. The first-order chi connectivity index (χ1) is 13.3. The molecule has 4 rings (SSSR count). The van der Waals surface area contributed by atoms with Gasteiger partial charge in [-0.05, 0) is 73.0 Å². The Morgan fingerprint density at radius 2 is 1.79 bits per heavy atom. The van der Waals surface area contributed by atoms with Gasteiger partial charge in [-0.3, -0.25) is 9.59 Å². The second kappa shape index (κ2) is 7.35. The molecule has 0 aliphatic heterocycles. The molecule has 0 heterocycles. The molecule has 2 bridgehead atoms. The fourth-order valence-electron chi connectivity index (χ4n) is 7.27. The summed E-state index contributed by atoms with van der Waals surface area (Å²) in [5.41, 5.74) is 1.41. The van der Waals surface area contributed by atoms with Gasteiger partial charge in [0.2, 0.25) is 0 Å². The van der Waals surface area contributed by atoms with Gasteiger partial charge < -0.3 is 10.2 Å². The second-order valence-corrected chi connectivity index (χ2v) is 10.2. The van der Waals surface area contributed by atoms with Gasteiger partial charge in [-0.25, -0.2) is 0 Å². The van der Waals surface area contributed by atoms with Crippen LogP contribution < -0.4 is 0 Å². The summed E-state index contributed by atoms with van der Waals surface area (Å²) in [6, 6.07) is 0. The van der Waals surface area contributed by atoms with Gasteiger partial charge in [-0.1, -0.05) is 44.4 Å². The Morgan fingerprint density at radius 3 is 2.32 bits per heavy atom. The van der Waals surface area contributed by atoms with E-state index in [2.05, 4.69) is 26.5 Å². The highest BCUT2D eigenvalue weighted by atomic mass is 16.4. The number of rotatable bonds is 7. The largest absolute Gasteiger partial charge is 0.481 e. The summed E-state index contributed by atoms with van der Waals surface area (Å²) in [4.78, 5) is 23.6. The molecular weight excluding hydrogens is 352 g/mol. The van der Waals surface area contributed by atoms with Gasteiger partial charge in [0.25, 0.3) is 0 Å². The molecule has 4 nitrogen and oxygen atoms in total. The summed E-state index contributed by atoms with van der Waals surface area (Å²) in [6.07, 6.45) is 11.0. The van der Waals surface area contributed by atoms with Gasteiger partial charge in [0.1, 0.15) is 0 Å². The van der Waals surface area contributed by atoms with Crippen LogP contribution in [-0.2, 0) is 9.59 Å². The minimum atomic E-state index is -1.01. The molecule has 0 aromatic carbocycles. The normalized spacial score (nSPS) is 44.7. The van der Waals surface area contributed by atoms with Crippen LogP contribution in [-0.4, -0.2) is 22.2 Å². The average Bonchev–Trinajstić information content (AvgIpc) is 3.10. The molecule has 4 saturated carbocycles. The number of hydrogen-bond acceptors (Lipinski definition) is 2. The maximum absolute atomic E-state index is 11.9. The van der Waals surface area contributed by atoms with E-state index in [9.17, 15) is 19.8 Å². The molecule has 4 heteroatoms. The Hall–Kier alpha value is -1.58. The highest BCUT2D eigenvalue weighted by Gasteiger charge is 2.52. The van der Waals surface area contributed by atoms with Crippen molar-refractivity contribution in [3.63, 3.8) is 0 Å². The van der Waals surface area contributed by atoms with E-state index in [1.165, 1.54) is 31.3 Å². The maximum Gasteiger partial charge on any atom is 0.307 e. The number of hydrogen-bond donors (Lipinski definition) is 2. The first-order valence-corrected chi connectivity index (χ1v) is 11.1. The average molecular weight is 387 g/mol. The van der Waals surface area contributed by atoms with Crippen LogP contribution in [0.25, 0.3) is 0 Å². The van der Waals surface area contributed by atoms with Crippen molar-refractivity contribution < 1.29 is 19.8 Å². The third kappa shape index (κ3) is 3.33. The molecule has 4 aliphatic carbocycles. The van der Waals surface area contributed by atoms with Crippen LogP contribution in [0.4, 0.5) is 0 Å². The van der Waals surface area contributed by atoms with E-state index in [1.54, 1.807) is 6.08 Å². The molecule has 0 aromatic rings. The summed E-state index contributed by atoms with van der Waals surface area (Å²) in [7, 11) is 0. The molecule has 154 valence electrons. The van der Waals surface area contributed by atoms with Crippen molar-refractivity contribution in [2.75, 3.05) is 0 Å². The zero-order valence-corrected chi connectivity index (χ0v) is 17.1. The zero-order valence-electron chi connectivity index (χ0n) is 17.1. The lowest BCUT2D eigenvalue weighted by atomic mass is 9.70. The lowest BCUT2D eigenvalue weighted by Gasteiger charge is -2.35. The highest BCUT2D eigenvalue weighted by Crippen LogP contribution is 2.59. The Bertz CT molecular complexity index is 689. The van der Waals surface area contributed by atoms with Gasteiger partial charge in [0.15, 0.2) is 0 Å². The van der Waals surface area contributed by atoms with Crippen molar-refractivity contribution in [1.82, 2.24) is 0 Å². The lowest BCUT2D eigenvalue weighted by molar-refractivity contribution is -0.153. The van der Waals surface area contributed by atoms with Crippen LogP contribution in [0.2, 0.25) is 0 Å². The van der Waals surface area contributed by atoms with E-state index < -0.39 is 23.8 Å². The summed E-state index contributed by atoms with van der Waals surface area (Å²) in [5.74, 6) is 0.378. The lowest BCUT2D eigenvalue weighted by Crippen LogP contribution is -2.31. The molecule has 28 heavy (non-hydrogen) atoms. The Kier molecular flexibility index (Phi) is 5.18. The molecule has 0 aromatic heterocycles. The van der Waals surface area contributed by atoms with Crippen LogP contribution in [0.15, 0.2) is 24.3 Å². The van der Waals surface area contributed by atoms with E-state index in [1.807, 2.05) is 0 Å². The number of carbonyl (C=O) groups is 2. The Labute approximate surface area is 168 Å². The summed E-state index contributed by atoms with van der Waals surface area (Å²) >= 11 is 0. The smallest absolute Gasteiger partial charge is 0.307 e. The van der Waals surface area contributed by atoms with E-state index in [0.29, 0.717) is 18.3 Å². The number of carboxylic acids is 2. The molecule has 0 spiro atoms. The van der Waals surface area contributed by atoms with Crippen molar-refractivity contribution in [3.8, 4) is 0 Å². The number of allylic oxidation sites excluding steroid dienone is 3. The van der Waals surface area contributed by atoms with Gasteiger partial charge in [-0.15, -0.1) is 6.58 Å². The third-order valence-corrected chi connectivity index (χ3v) is 8.53. The molecule has 9 atom stereocenters. The summed E-state index contributed by atoms with van der Waals surface area (Å²) in [6.45, 7) is 8.59. The predicted octanol–water partition coefficient (Wildman–Crippen LogP) is 4.86. The number of aliphatic carboxylic acids is 2. The van der Waals surface area contributed by atoms with E-state index in [0.717, 1.165) is 30.1 Å². The molecule has 0 saturated heterocycles. The van der Waals surface area contributed by atoms with Crippen LogP contribution in [0.3, 0.4) is 0 Å². The van der Waals surface area contributed by atoms with Crippen molar-refractivity contribution in [3.05, 3.63) is 24.3 Å². The predicted molar refractivity (Wildman–Crippen MR) is 108 cm³/mol. The molecule has 9 unspecified atom stereocenters. The molecule has 4 fully saturated rings. The minimum Gasteiger partial charge on any atom is -0.481 e. The minimum absolute atomic E-state index is 0.189. The number of fused-ring (bicyclic) bond motifs is 2. The van der Waals surface area contributed by atoms with Crippen LogP contribution >= 0.6 is 0 Å². The number of carboxylic acid groups (broad SMARTS) is 2. The van der Waals surface area contributed by atoms with E-state index in [-0.39, 0.29) is 11.8 Å². The van der Waals surface area contributed by atoms with Crippen LogP contribution in [0, 0.1) is 59.2 Å². The first kappa shape index (κ1) is 19.7. The topological polar surface area (TPSA) is 74.6 Å². The van der Waals surface area contributed by atoms with Crippen LogP contribution in [0.1, 0.15) is 52.4 Å². The SMILES string of the molecule is C=CC1CC(/C=C2\CC3CC2C(C)C3C(C)CC2CC2)C(C(=O)O)C1C(=O)O.